The third kappa shape index (κ3) is 13.3. The molecule has 0 spiro atoms. The minimum atomic E-state index is 0.838. The zero-order valence-electron chi connectivity index (χ0n) is 29.7. The van der Waals surface area contributed by atoms with Crippen LogP contribution in [0.3, 0.4) is 0 Å². The number of nitrogen functional groups attached to an aromatic ring is 2. The summed E-state index contributed by atoms with van der Waals surface area (Å²) in [7, 11) is 0. The van der Waals surface area contributed by atoms with Crippen LogP contribution in [-0.4, -0.2) is 0 Å². The topological polar surface area (TPSA) is 52.0 Å². The summed E-state index contributed by atoms with van der Waals surface area (Å²) >= 11 is 0. The molecule has 47 heavy (non-hydrogen) atoms. The summed E-state index contributed by atoms with van der Waals surface area (Å²) in [4.78, 5) is 0. The van der Waals surface area contributed by atoms with Crippen LogP contribution in [0.2, 0.25) is 0 Å². The van der Waals surface area contributed by atoms with Crippen LogP contribution in [-0.2, 0) is 38.5 Å². The van der Waals surface area contributed by atoms with Crippen molar-refractivity contribution in [3.8, 4) is 0 Å². The van der Waals surface area contributed by atoms with Gasteiger partial charge in [-0.15, -0.1) is 0 Å². The number of rotatable bonds is 22. The molecule has 2 nitrogen and oxygen atoms in total. The maximum atomic E-state index is 5.88. The van der Waals surface area contributed by atoms with Crippen LogP contribution in [0, 0.1) is 0 Å². The Morgan fingerprint density at radius 2 is 0.660 bits per heavy atom. The largest absolute Gasteiger partial charge is 0.399 e. The van der Waals surface area contributed by atoms with Crippen molar-refractivity contribution in [3.05, 3.63) is 129 Å². The van der Waals surface area contributed by atoms with Gasteiger partial charge < -0.3 is 11.5 Å². The van der Waals surface area contributed by atoms with Gasteiger partial charge in [-0.1, -0.05) is 145 Å². The van der Waals surface area contributed by atoms with Crippen molar-refractivity contribution in [2.45, 2.75) is 136 Å². The maximum absolute atomic E-state index is 5.88. The Morgan fingerprint density at radius 1 is 0.340 bits per heavy atom. The van der Waals surface area contributed by atoms with Crippen LogP contribution in [0.1, 0.15) is 142 Å². The highest BCUT2D eigenvalue weighted by Crippen LogP contribution is 2.23. The molecule has 0 bridgehead atoms. The Morgan fingerprint density at radius 3 is 1.00 bits per heavy atom. The first-order valence-corrected chi connectivity index (χ1v) is 18.9. The van der Waals surface area contributed by atoms with Gasteiger partial charge in [0.1, 0.15) is 0 Å². The van der Waals surface area contributed by atoms with Crippen molar-refractivity contribution in [1.82, 2.24) is 0 Å². The first kappa shape index (κ1) is 36.3. The molecule has 4 aromatic rings. The molecule has 4 N–H and O–H groups in total. The van der Waals surface area contributed by atoms with Crippen molar-refractivity contribution in [2.75, 3.05) is 11.5 Å². The van der Waals surface area contributed by atoms with E-state index in [4.69, 9.17) is 11.5 Å². The van der Waals surface area contributed by atoms with Gasteiger partial charge in [-0.3, -0.25) is 0 Å². The molecule has 0 unspecified atom stereocenters. The standard InChI is InChI=1S/C45H62N2/c1-3-16-40-32-36(20-26-42(40)34-38-22-28-44(46)29-23-38)18-14-12-10-8-6-5-7-9-11-13-15-19-37-21-27-43(41(33-37)17-4-2)35-39-24-30-45(47)31-25-39/h20-33H,3-19,34-35,46-47H2,1-2H3. The highest BCUT2D eigenvalue weighted by atomic mass is 14.5. The molecule has 252 valence electrons. The molecule has 4 aromatic carbocycles. The predicted molar refractivity (Wildman–Crippen MR) is 206 cm³/mol. The van der Waals surface area contributed by atoms with E-state index in [0.717, 1.165) is 24.2 Å². The Balaban J connectivity index is 1.03. The average molecular weight is 631 g/mol. The summed E-state index contributed by atoms with van der Waals surface area (Å²) in [6.45, 7) is 4.57. The van der Waals surface area contributed by atoms with Gasteiger partial charge in [-0.25, -0.2) is 0 Å². The highest BCUT2D eigenvalue weighted by molar-refractivity contribution is 5.43. The fraction of sp³-hybridized carbons (Fsp3) is 0.467. The molecule has 0 aliphatic heterocycles. The summed E-state index contributed by atoms with van der Waals surface area (Å²) in [5.41, 5.74) is 25.2. The minimum absolute atomic E-state index is 0.838. The summed E-state index contributed by atoms with van der Waals surface area (Å²) < 4.78 is 0. The number of benzene rings is 4. The molecule has 0 saturated heterocycles. The van der Waals surface area contributed by atoms with Gasteiger partial charge in [0, 0.05) is 11.4 Å². The number of aryl methyl sites for hydroxylation is 4. The molecule has 0 aromatic heterocycles. The molecule has 0 saturated carbocycles. The van der Waals surface area contributed by atoms with Gasteiger partial charge in [0.25, 0.3) is 0 Å². The minimum Gasteiger partial charge on any atom is -0.399 e. The second-order valence-electron chi connectivity index (χ2n) is 13.9. The molecule has 0 atom stereocenters. The molecule has 2 heteroatoms. The Hall–Kier alpha value is -3.52. The Labute approximate surface area is 287 Å². The quantitative estimate of drug-likeness (QED) is 0.0670. The number of anilines is 2. The van der Waals surface area contributed by atoms with Gasteiger partial charge in [-0.2, -0.15) is 0 Å². The van der Waals surface area contributed by atoms with Crippen molar-refractivity contribution < 1.29 is 0 Å². The second-order valence-corrected chi connectivity index (χ2v) is 13.9. The summed E-state index contributed by atoms with van der Waals surface area (Å²) in [5.74, 6) is 0. The lowest BCUT2D eigenvalue weighted by Crippen LogP contribution is -1.98. The molecular formula is C45H62N2. The van der Waals surface area contributed by atoms with Crippen LogP contribution in [0.5, 0.6) is 0 Å². The van der Waals surface area contributed by atoms with E-state index in [2.05, 4.69) is 74.5 Å². The van der Waals surface area contributed by atoms with Crippen LogP contribution in [0.25, 0.3) is 0 Å². The van der Waals surface area contributed by atoms with Crippen LogP contribution >= 0.6 is 0 Å². The van der Waals surface area contributed by atoms with Gasteiger partial charge in [-0.05, 0) is 120 Å². The van der Waals surface area contributed by atoms with Crippen LogP contribution in [0.15, 0.2) is 84.9 Å². The Kier molecular flexibility index (Phi) is 16.0. The SMILES string of the molecule is CCCc1cc(CCCCCCCCCCCCCc2ccc(Cc3ccc(N)cc3)c(CCC)c2)ccc1Cc1ccc(N)cc1. The fourth-order valence-electron chi connectivity index (χ4n) is 6.98. The van der Waals surface area contributed by atoms with E-state index < -0.39 is 0 Å². The van der Waals surface area contributed by atoms with E-state index in [1.165, 1.54) is 154 Å². The van der Waals surface area contributed by atoms with Gasteiger partial charge in [0.2, 0.25) is 0 Å². The number of nitrogens with two attached hydrogens (primary N) is 2. The first-order valence-electron chi connectivity index (χ1n) is 18.9. The van der Waals surface area contributed by atoms with E-state index in [1.807, 2.05) is 24.3 Å². The Bertz CT molecular complexity index is 1320. The molecule has 0 heterocycles. The summed E-state index contributed by atoms with van der Waals surface area (Å²) in [6, 6.07) is 31.2. The lowest BCUT2D eigenvalue weighted by molar-refractivity contribution is 0.545. The molecule has 0 amide bonds. The third-order valence-corrected chi connectivity index (χ3v) is 9.76. The van der Waals surface area contributed by atoms with Gasteiger partial charge >= 0.3 is 0 Å². The van der Waals surface area contributed by atoms with Crippen LogP contribution in [0.4, 0.5) is 11.4 Å². The van der Waals surface area contributed by atoms with E-state index >= 15 is 0 Å². The zero-order valence-corrected chi connectivity index (χ0v) is 29.7. The van der Waals surface area contributed by atoms with Crippen molar-refractivity contribution >= 4 is 11.4 Å². The number of hydrogen-bond acceptors (Lipinski definition) is 2. The summed E-state index contributed by atoms with van der Waals surface area (Å²) in [5, 5.41) is 0. The van der Waals surface area contributed by atoms with Gasteiger partial charge in [0.15, 0.2) is 0 Å². The van der Waals surface area contributed by atoms with E-state index in [1.54, 1.807) is 0 Å². The van der Waals surface area contributed by atoms with E-state index in [9.17, 15) is 0 Å². The monoisotopic (exact) mass is 630 g/mol. The second kappa shape index (κ2) is 20.7. The molecular weight excluding hydrogens is 569 g/mol. The third-order valence-electron chi connectivity index (χ3n) is 9.76. The fourth-order valence-corrected chi connectivity index (χ4v) is 6.98. The van der Waals surface area contributed by atoms with Crippen molar-refractivity contribution in [2.24, 2.45) is 0 Å². The number of unbranched alkanes of at least 4 members (excludes halogenated alkanes) is 10. The smallest absolute Gasteiger partial charge is 0.0314 e. The summed E-state index contributed by atoms with van der Waals surface area (Å²) in [6.07, 6.45) is 24.3. The van der Waals surface area contributed by atoms with Crippen molar-refractivity contribution in [3.63, 3.8) is 0 Å². The molecule has 0 aliphatic carbocycles. The number of hydrogen-bond donors (Lipinski definition) is 2. The lowest BCUT2D eigenvalue weighted by Gasteiger charge is -2.12. The lowest BCUT2D eigenvalue weighted by atomic mass is 9.93. The first-order chi connectivity index (χ1) is 23.0. The predicted octanol–water partition coefficient (Wildman–Crippen LogP) is 12.0. The molecule has 0 radical (unpaired) electrons. The zero-order chi connectivity index (χ0) is 33.1. The average Bonchev–Trinajstić information content (AvgIpc) is 3.07. The van der Waals surface area contributed by atoms with E-state index in [0.29, 0.717) is 0 Å². The van der Waals surface area contributed by atoms with Crippen molar-refractivity contribution in [1.29, 1.82) is 0 Å². The molecule has 4 rings (SSSR count). The normalized spacial score (nSPS) is 11.3. The molecule has 0 aliphatic rings. The van der Waals surface area contributed by atoms with E-state index in [-0.39, 0.29) is 0 Å². The molecule has 0 fully saturated rings. The van der Waals surface area contributed by atoms with Gasteiger partial charge in [0.05, 0.1) is 0 Å². The highest BCUT2D eigenvalue weighted by Gasteiger charge is 2.07. The maximum Gasteiger partial charge on any atom is 0.0314 e. The van der Waals surface area contributed by atoms with Crippen LogP contribution < -0.4 is 11.5 Å².